The maximum atomic E-state index is 12.6. The van der Waals surface area contributed by atoms with Crippen LogP contribution < -0.4 is 10.1 Å². The molecule has 0 unspecified atom stereocenters. The number of carbonyl (C=O) groups excluding carboxylic acids is 1. The third-order valence-electron chi connectivity index (χ3n) is 6.60. The van der Waals surface area contributed by atoms with E-state index >= 15 is 0 Å². The Morgan fingerprint density at radius 3 is 2.47 bits per heavy atom. The van der Waals surface area contributed by atoms with Gasteiger partial charge in [0.2, 0.25) is 0 Å². The van der Waals surface area contributed by atoms with Crippen LogP contribution in [0, 0.1) is 5.92 Å². The highest BCUT2D eigenvalue weighted by molar-refractivity contribution is 5.69. The Hall–Kier alpha value is -2.57. The lowest BCUT2D eigenvalue weighted by Crippen LogP contribution is -2.53. The van der Waals surface area contributed by atoms with Crippen molar-refractivity contribution in [1.82, 2.24) is 10.2 Å². The molecule has 6 nitrogen and oxygen atoms in total. The highest BCUT2D eigenvalue weighted by atomic mass is 16.6. The van der Waals surface area contributed by atoms with Gasteiger partial charge in [0.15, 0.2) is 0 Å². The number of amides is 1. The third kappa shape index (κ3) is 5.43. The largest absolute Gasteiger partial charge is 0.491 e. The lowest BCUT2D eigenvalue weighted by atomic mass is 9.86. The van der Waals surface area contributed by atoms with Gasteiger partial charge in [-0.2, -0.15) is 0 Å². The third-order valence-corrected chi connectivity index (χ3v) is 6.60. The average molecular weight is 439 g/mol. The van der Waals surface area contributed by atoms with E-state index in [9.17, 15) is 4.79 Å². The van der Waals surface area contributed by atoms with E-state index in [1.165, 1.54) is 0 Å². The predicted octanol–water partition coefficient (Wildman–Crippen LogP) is 4.43. The highest BCUT2D eigenvalue weighted by Gasteiger charge is 2.37. The van der Waals surface area contributed by atoms with Gasteiger partial charge >= 0.3 is 6.09 Å². The zero-order valence-electron chi connectivity index (χ0n) is 19.3. The fourth-order valence-electron chi connectivity index (χ4n) is 4.63. The Morgan fingerprint density at radius 2 is 1.81 bits per heavy atom. The molecule has 6 heteroatoms. The molecule has 172 valence electrons. The first-order valence-electron chi connectivity index (χ1n) is 11.5. The summed E-state index contributed by atoms with van der Waals surface area (Å²) in [6.07, 6.45) is 1.93. The minimum atomic E-state index is -0.533. The van der Waals surface area contributed by atoms with Crippen molar-refractivity contribution >= 4 is 6.09 Å². The molecule has 2 aromatic rings. The minimum Gasteiger partial charge on any atom is -0.491 e. The Bertz CT molecular complexity index is 904. The molecule has 1 atom stereocenters. The standard InChI is InChI=1S/C26H34N2O4/c1-26(2,27-25(29)32-24-18-28-13-11-20(24)12-14-28)22-9-7-19(8-10-22)21-5-4-6-23(17-21)31-16-15-30-3/h4-10,17,20,24H,11-16,18H2,1-3H3,(H,27,29)/t24-/m0/s1. The van der Waals surface area contributed by atoms with E-state index in [-0.39, 0.29) is 12.2 Å². The first kappa shape index (κ1) is 22.6. The van der Waals surface area contributed by atoms with E-state index in [0.29, 0.717) is 19.1 Å². The van der Waals surface area contributed by atoms with E-state index in [2.05, 4.69) is 40.5 Å². The Morgan fingerprint density at radius 1 is 1.06 bits per heavy atom. The van der Waals surface area contributed by atoms with E-state index in [0.717, 1.165) is 54.9 Å². The molecule has 3 saturated heterocycles. The van der Waals surface area contributed by atoms with Crippen LogP contribution in [0.2, 0.25) is 0 Å². The van der Waals surface area contributed by atoms with Gasteiger partial charge < -0.3 is 19.5 Å². The van der Waals surface area contributed by atoms with Crippen molar-refractivity contribution < 1.29 is 19.0 Å². The first-order valence-corrected chi connectivity index (χ1v) is 11.5. The van der Waals surface area contributed by atoms with E-state index in [1.54, 1.807) is 7.11 Å². The van der Waals surface area contributed by atoms with E-state index in [1.807, 2.05) is 32.0 Å². The highest BCUT2D eigenvalue weighted by Crippen LogP contribution is 2.31. The van der Waals surface area contributed by atoms with Crippen molar-refractivity contribution in [3.63, 3.8) is 0 Å². The van der Waals surface area contributed by atoms with Gasteiger partial charge in [0, 0.05) is 13.7 Å². The van der Waals surface area contributed by atoms with Crippen molar-refractivity contribution in [2.75, 3.05) is 40.0 Å². The van der Waals surface area contributed by atoms with Crippen LogP contribution in [0.4, 0.5) is 4.79 Å². The first-order chi connectivity index (χ1) is 15.4. The van der Waals surface area contributed by atoms with Gasteiger partial charge in [-0.25, -0.2) is 4.79 Å². The lowest BCUT2D eigenvalue weighted by molar-refractivity contribution is -0.0349. The lowest BCUT2D eigenvalue weighted by Gasteiger charge is -2.44. The maximum Gasteiger partial charge on any atom is 0.408 e. The maximum absolute atomic E-state index is 12.6. The molecule has 2 bridgehead atoms. The minimum absolute atomic E-state index is 0.00839. The van der Waals surface area contributed by atoms with Gasteiger partial charge in [-0.3, -0.25) is 4.90 Å². The number of methoxy groups -OCH3 is 1. The van der Waals surface area contributed by atoms with Crippen LogP contribution in [0.1, 0.15) is 32.3 Å². The number of nitrogens with zero attached hydrogens (tertiary/aromatic N) is 1. The number of rotatable bonds is 8. The fourth-order valence-corrected chi connectivity index (χ4v) is 4.63. The summed E-state index contributed by atoms with van der Waals surface area (Å²) in [5.74, 6) is 1.32. The molecule has 1 N–H and O–H groups in total. The second kappa shape index (κ2) is 9.92. The number of carbonyl (C=O) groups is 1. The number of nitrogens with one attached hydrogen (secondary N) is 1. The topological polar surface area (TPSA) is 60.0 Å². The van der Waals surface area contributed by atoms with Gasteiger partial charge in [0.1, 0.15) is 18.5 Å². The summed E-state index contributed by atoms with van der Waals surface area (Å²) in [5, 5.41) is 3.06. The Balaban J connectivity index is 1.37. The molecule has 3 heterocycles. The summed E-state index contributed by atoms with van der Waals surface area (Å²) >= 11 is 0. The molecular formula is C26H34N2O4. The van der Waals surface area contributed by atoms with Gasteiger partial charge in [0.25, 0.3) is 0 Å². The number of ether oxygens (including phenoxy) is 3. The van der Waals surface area contributed by atoms with Crippen LogP contribution in [0.5, 0.6) is 5.75 Å². The van der Waals surface area contributed by atoms with Crippen LogP contribution in [0.3, 0.4) is 0 Å². The monoisotopic (exact) mass is 438 g/mol. The second-order valence-electron chi connectivity index (χ2n) is 9.28. The van der Waals surface area contributed by atoms with Gasteiger partial charge in [0.05, 0.1) is 12.1 Å². The predicted molar refractivity (Wildman–Crippen MR) is 125 cm³/mol. The number of benzene rings is 2. The second-order valence-corrected chi connectivity index (χ2v) is 9.28. The zero-order valence-corrected chi connectivity index (χ0v) is 19.3. The van der Waals surface area contributed by atoms with Crippen molar-refractivity contribution in [3.8, 4) is 16.9 Å². The molecule has 0 saturated carbocycles. The van der Waals surface area contributed by atoms with Gasteiger partial charge in [-0.1, -0.05) is 36.4 Å². The summed E-state index contributed by atoms with van der Waals surface area (Å²) in [6.45, 7) is 8.21. The number of alkyl carbamates (subject to hydrolysis) is 1. The van der Waals surface area contributed by atoms with Crippen molar-refractivity contribution in [3.05, 3.63) is 54.1 Å². The molecule has 3 fully saturated rings. The summed E-state index contributed by atoms with van der Waals surface area (Å²) in [6, 6.07) is 16.3. The molecule has 3 aliphatic heterocycles. The molecule has 5 rings (SSSR count). The Kier molecular flexibility index (Phi) is 7.01. The van der Waals surface area contributed by atoms with Crippen LogP contribution >= 0.6 is 0 Å². The molecule has 0 aliphatic carbocycles. The van der Waals surface area contributed by atoms with Crippen LogP contribution in [-0.4, -0.2) is 57.1 Å². The number of piperidine rings is 3. The SMILES string of the molecule is COCCOc1cccc(-c2ccc(C(C)(C)NC(=O)O[C@H]3CN4CCC3CC4)cc2)c1. The summed E-state index contributed by atoms with van der Waals surface area (Å²) in [5.41, 5.74) is 2.67. The normalized spacial score (nSPS) is 22.4. The van der Waals surface area contributed by atoms with Crippen molar-refractivity contribution in [2.24, 2.45) is 5.92 Å². The zero-order chi connectivity index (χ0) is 22.6. The molecule has 2 aromatic carbocycles. The molecule has 3 aliphatic rings. The van der Waals surface area contributed by atoms with Gasteiger partial charge in [-0.15, -0.1) is 0 Å². The molecule has 0 spiro atoms. The van der Waals surface area contributed by atoms with Crippen molar-refractivity contribution in [1.29, 1.82) is 0 Å². The molecule has 1 amide bonds. The quantitative estimate of drug-likeness (QED) is 0.618. The van der Waals surface area contributed by atoms with Gasteiger partial charge in [-0.05, 0) is 74.5 Å². The molecule has 32 heavy (non-hydrogen) atoms. The number of hydrogen-bond donors (Lipinski definition) is 1. The molecule has 0 radical (unpaired) electrons. The smallest absolute Gasteiger partial charge is 0.408 e. The average Bonchev–Trinajstić information content (AvgIpc) is 2.80. The number of fused-ring (bicyclic) bond motifs is 3. The molecule has 0 aromatic heterocycles. The van der Waals surface area contributed by atoms with Crippen LogP contribution in [0.15, 0.2) is 48.5 Å². The Labute approximate surface area is 190 Å². The summed E-state index contributed by atoms with van der Waals surface area (Å²) in [7, 11) is 1.66. The van der Waals surface area contributed by atoms with E-state index in [4.69, 9.17) is 14.2 Å². The van der Waals surface area contributed by atoms with Crippen molar-refractivity contribution in [2.45, 2.75) is 38.3 Å². The van der Waals surface area contributed by atoms with Crippen LogP contribution in [0.25, 0.3) is 11.1 Å². The summed E-state index contributed by atoms with van der Waals surface area (Å²) < 4.78 is 16.6. The molecular weight excluding hydrogens is 404 g/mol. The van der Waals surface area contributed by atoms with E-state index < -0.39 is 5.54 Å². The fraction of sp³-hybridized carbons (Fsp3) is 0.500. The number of hydrogen-bond acceptors (Lipinski definition) is 5. The van der Waals surface area contributed by atoms with Crippen LogP contribution in [-0.2, 0) is 15.0 Å². The summed E-state index contributed by atoms with van der Waals surface area (Å²) in [4.78, 5) is 15.0.